The molecule has 0 saturated carbocycles. The Balaban J connectivity index is 1.56. The van der Waals surface area contributed by atoms with Crippen LogP contribution in [0.15, 0.2) is 91.0 Å². The maximum atomic E-state index is 2.42. The molecule has 0 radical (unpaired) electrons. The van der Waals surface area contributed by atoms with Crippen LogP contribution in [0.4, 0.5) is 0 Å². The highest BCUT2D eigenvalue weighted by Gasteiger charge is 2.36. The molecule has 0 nitrogen and oxygen atoms in total. The molecule has 1 aliphatic rings. The SMILES string of the molecule is Cc1ccc2cc(-c3ccc4c(c3)C(C)(C)c3ccc5ccccc5c3-4)ccc2c1. The van der Waals surface area contributed by atoms with Gasteiger partial charge < -0.3 is 0 Å². The van der Waals surface area contributed by atoms with E-state index >= 15 is 0 Å². The summed E-state index contributed by atoms with van der Waals surface area (Å²) >= 11 is 0. The molecule has 0 bridgehead atoms. The lowest BCUT2D eigenvalue weighted by molar-refractivity contribution is 0.661. The van der Waals surface area contributed by atoms with Crippen molar-refractivity contribution in [2.24, 2.45) is 0 Å². The second-order valence-electron chi connectivity index (χ2n) is 9.16. The summed E-state index contributed by atoms with van der Waals surface area (Å²) in [5.41, 5.74) is 9.53. The summed E-state index contributed by atoms with van der Waals surface area (Å²) in [4.78, 5) is 0. The van der Waals surface area contributed by atoms with Gasteiger partial charge in [-0.05, 0) is 74.0 Å². The number of benzene rings is 5. The number of fused-ring (bicyclic) bond motifs is 6. The van der Waals surface area contributed by atoms with Gasteiger partial charge in [0.25, 0.3) is 0 Å². The molecule has 1 aliphatic carbocycles. The first-order valence-electron chi connectivity index (χ1n) is 10.7. The van der Waals surface area contributed by atoms with Gasteiger partial charge in [0.05, 0.1) is 0 Å². The second-order valence-corrected chi connectivity index (χ2v) is 9.16. The minimum absolute atomic E-state index is 0.00132. The van der Waals surface area contributed by atoms with Crippen LogP contribution in [0.5, 0.6) is 0 Å². The summed E-state index contributed by atoms with van der Waals surface area (Å²) in [7, 11) is 0. The number of hydrogen-bond donors (Lipinski definition) is 0. The van der Waals surface area contributed by atoms with Gasteiger partial charge >= 0.3 is 0 Å². The quantitative estimate of drug-likeness (QED) is 0.273. The van der Waals surface area contributed by atoms with E-state index in [0.29, 0.717) is 0 Å². The summed E-state index contributed by atoms with van der Waals surface area (Å²) < 4.78 is 0. The van der Waals surface area contributed by atoms with Crippen LogP contribution in [0, 0.1) is 6.92 Å². The van der Waals surface area contributed by atoms with Crippen LogP contribution in [-0.2, 0) is 5.41 Å². The highest BCUT2D eigenvalue weighted by Crippen LogP contribution is 2.52. The van der Waals surface area contributed by atoms with Crippen molar-refractivity contribution in [2.75, 3.05) is 0 Å². The summed E-state index contributed by atoms with van der Waals surface area (Å²) in [5.74, 6) is 0. The summed E-state index contributed by atoms with van der Waals surface area (Å²) in [6.07, 6.45) is 0. The van der Waals surface area contributed by atoms with Crippen LogP contribution in [-0.4, -0.2) is 0 Å². The average Bonchev–Trinajstić information content (AvgIpc) is 3.00. The van der Waals surface area contributed by atoms with E-state index in [1.807, 2.05) is 0 Å². The molecule has 0 saturated heterocycles. The zero-order chi connectivity index (χ0) is 20.5. The van der Waals surface area contributed by atoms with E-state index in [0.717, 1.165) is 0 Å². The Hall–Kier alpha value is -3.38. The molecule has 0 N–H and O–H groups in total. The minimum Gasteiger partial charge on any atom is -0.0616 e. The van der Waals surface area contributed by atoms with Gasteiger partial charge in [0.1, 0.15) is 0 Å². The smallest absolute Gasteiger partial charge is 0.0159 e. The zero-order valence-electron chi connectivity index (χ0n) is 17.7. The van der Waals surface area contributed by atoms with Gasteiger partial charge in [-0.1, -0.05) is 98.3 Å². The molecule has 5 aromatic carbocycles. The molecule has 0 atom stereocenters. The number of aryl methyl sites for hydroxylation is 1. The maximum Gasteiger partial charge on any atom is 0.0159 e. The Morgan fingerprint density at radius 2 is 1.27 bits per heavy atom. The molecule has 0 heteroatoms. The fourth-order valence-corrected chi connectivity index (χ4v) is 5.23. The normalized spacial score (nSPS) is 14.1. The average molecular weight is 385 g/mol. The van der Waals surface area contributed by atoms with E-state index in [4.69, 9.17) is 0 Å². The fourth-order valence-electron chi connectivity index (χ4n) is 5.23. The van der Waals surface area contributed by atoms with Crippen LogP contribution >= 0.6 is 0 Å². The lowest BCUT2D eigenvalue weighted by atomic mass is 9.81. The third kappa shape index (κ3) is 2.40. The van der Waals surface area contributed by atoms with Gasteiger partial charge in [0, 0.05) is 5.41 Å². The van der Waals surface area contributed by atoms with Crippen LogP contribution in [0.2, 0.25) is 0 Å². The van der Waals surface area contributed by atoms with Crippen LogP contribution in [0.3, 0.4) is 0 Å². The van der Waals surface area contributed by atoms with Crippen molar-refractivity contribution in [3.05, 3.63) is 108 Å². The highest BCUT2D eigenvalue weighted by atomic mass is 14.4. The van der Waals surface area contributed by atoms with Crippen molar-refractivity contribution < 1.29 is 0 Å². The zero-order valence-corrected chi connectivity index (χ0v) is 17.7. The number of hydrogen-bond acceptors (Lipinski definition) is 0. The third-order valence-electron chi connectivity index (χ3n) is 6.89. The molecular formula is C30H24. The van der Waals surface area contributed by atoms with E-state index in [9.17, 15) is 0 Å². The van der Waals surface area contributed by atoms with Gasteiger partial charge in [-0.2, -0.15) is 0 Å². The molecular weight excluding hydrogens is 360 g/mol. The molecule has 30 heavy (non-hydrogen) atoms. The topological polar surface area (TPSA) is 0 Å². The van der Waals surface area contributed by atoms with Gasteiger partial charge in [-0.15, -0.1) is 0 Å². The van der Waals surface area contributed by atoms with Crippen LogP contribution in [0.25, 0.3) is 43.8 Å². The Morgan fingerprint density at radius 1 is 0.567 bits per heavy atom. The lowest BCUT2D eigenvalue weighted by Gasteiger charge is -2.22. The van der Waals surface area contributed by atoms with Crippen molar-refractivity contribution in [3.8, 4) is 22.3 Å². The number of rotatable bonds is 1. The molecule has 0 spiro atoms. The third-order valence-corrected chi connectivity index (χ3v) is 6.89. The summed E-state index contributed by atoms with van der Waals surface area (Å²) in [5, 5.41) is 5.27. The van der Waals surface area contributed by atoms with E-state index in [1.54, 1.807) is 0 Å². The first-order chi connectivity index (χ1) is 14.5. The largest absolute Gasteiger partial charge is 0.0616 e. The molecule has 6 rings (SSSR count). The second kappa shape index (κ2) is 6.06. The first-order valence-corrected chi connectivity index (χ1v) is 10.7. The minimum atomic E-state index is -0.00132. The van der Waals surface area contributed by atoms with Gasteiger partial charge in [-0.25, -0.2) is 0 Å². The monoisotopic (exact) mass is 384 g/mol. The van der Waals surface area contributed by atoms with Gasteiger partial charge in [0.15, 0.2) is 0 Å². The Morgan fingerprint density at radius 3 is 2.17 bits per heavy atom. The Labute approximate surface area is 177 Å². The molecule has 0 aliphatic heterocycles. The van der Waals surface area contributed by atoms with Crippen molar-refractivity contribution in [2.45, 2.75) is 26.2 Å². The van der Waals surface area contributed by atoms with Crippen LogP contribution in [0.1, 0.15) is 30.5 Å². The molecule has 0 aromatic heterocycles. The van der Waals surface area contributed by atoms with Crippen molar-refractivity contribution in [3.63, 3.8) is 0 Å². The molecule has 0 heterocycles. The molecule has 0 fully saturated rings. The van der Waals surface area contributed by atoms with Crippen molar-refractivity contribution in [1.29, 1.82) is 0 Å². The summed E-state index contributed by atoms with van der Waals surface area (Å²) in [6, 6.07) is 33.9. The lowest BCUT2D eigenvalue weighted by Crippen LogP contribution is -2.15. The molecule has 0 amide bonds. The predicted octanol–water partition coefficient (Wildman–Crippen LogP) is 8.27. The van der Waals surface area contributed by atoms with E-state index < -0.39 is 0 Å². The maximum absolute atomic E-state index is 2.42. The van der Waals surface area contributed by atoms with E-state index in [2.05, 4.69) is 112 Å². The Bertz CT molecular complexity index is 1470. The van der Waals surface area contributed by atoms with E-state index in [-0.39, 0.29) is 5.41 Å². The predicted molar refractivity (Wildman–Crippen MR) is 129 cm³/mol. The Kier molecular flexibility index (Phi) is 3.53. The van der Waals surface area contributed by atoms with Crippen molar-refractivity contribution >= 4 is 21.5 Å². The van der Waals surface area contributed by atoms with Gasteiger partial charge in [-0.3, -0.25) is 0 Å². The standard InChI is InChI=1S/C30H24/c1-19-8-9-22-17-23(11-10-21(22)16-19)24-12-14-26-28(18-24)30(2,3)27-15-13-20-6-4-5-7-25(20)29(26)27/h4-18H,1-3H3. The molecule has 5 aromatic rings. The van der Waals surface area contributed by atoms with Crippen molar-refractivity contribution in [1.82, 2.24) is 0 Å². The molecule has 0 unspecified atom stereocenters. The molecule has 144 valence electrons. The van der Waals surface area contributed by atoms with Gasteiger partial charge in [0.2, 0.25) is 0 Å². The van der Waals surface area contributed by atoms with E-state index in [1.165, 1.54) is 60.5 Å². The van der Waals surface area contributed by atoms with Crippen LogP contribution < -0.4 is 0 Å². The summed E-state index contributed by atoms with van der Waals surface area (Å²) in [6.45, 7) is 6.87. The first kappa shape index (κ1) is 17.5. The highest BCUT2D eigenvalue weighted by molar-refractivity contribution is 6.03. The fraction of sp³-hybridized carbons (Fsp3) is 0.133.